The molecule has 9 heteroatoms. The van der Waals surface area contributed by atoms with E-state index in [2.05, 4.69) is 0 Å². The highest BCUT2D eigenvalue weighted by molar-refractivity contribution is 7.93. The first-order valence-electron chi connectivity index (χ1n) is 4.89. The second-order valence-corrected chi connectivity index (χ2v) is 5.50. The number of sulfonamides is 1. The lowest BCUT2D eigenvalue weighted by Gasteiger charge is -2.13. The van der Waals surface area contributed by atoms with E-state index in [4.69, 9.17) is 5.11 Å². The maximum Gasteiger partial charge on any atom is 0.516 e. The van der Waals surface area contributed by atoms with E-state index in [1.54, 1.807) is 0 Å². The summed E-state index contributed by atoms with van der Waals surface area (Å²) in [6.45, 7) is 2.94. The summed E-state index contributed by atoms with van der Waals surface area (Å²) in [4.78, 5) is 10.9. The Labute approximate surface area is 107 Å². The van der Waals surface area contributed by atoms with Crippen LogP contribution in [0, 0.1) is 13.8 Å². The van der Waals surface area contributed by atoms with Gasteiger partial charge in [0.2, 0.25) is 0 Å². The van der Waals surface area contributed by atoms with Crippen molar-refractivity contribution in [2.75, 3.05) is 4.72 Å². The van der Waals surface area contributed by atoms with E-state index >= 15 is 0 Å². The zero-order valence-electron chi connectivity index (χ0n) is 9.87. The van der Waals surface area contributed by atoms with E-state index in [1.807, 2.05) is 0 Å². The third-order valence-corrected chi connectivity index (χ3v) is 3.57. The average molecular weight is 297 g/mol. The van der Waals surface area contributed by atoms with Gasteiger partial charge < -0.3 is 5.11 Å². The molecule has 0 radical (unpaired) electrons. The van der Waals surface area contributed by atoms with Gasteiger partial charge in [0.05, 0.1) is 5.56 Å². The van der Waals surface area contributed by atoms with Crippen LogP contribution in [0.25, 0.3) is 0 Å². The molecule has 0 aliphatic rings. The highest BCUT2D eigenvalue weighted by Gasteiger charge is 2.46. The Morgan fingerprint density at radius 1 is 1.26 bits per heavy atom. The molecule has 1 rings (SSSR count). The van der Waals surface area contributed by atoms with Gasteiger partial charge >= 0.3 is 21.5 Å². The summed E-state index contributed by atoms with van der Waals surface area (Å²) in [5, 5.41) is 8.87. The van der Waals surface area contributed by atoms with Crippen LogP contribution in [-0.4, -0.2) is 25.0 Å². The summed E-state index contributed by atoms with van der Waals surface area (Å²) in [5.74, 6) is -1.35. The number of aryl methyl sites for hydroxylation is 1. The SMILES string of the molecule is Cc1cc(NS(=O)(=O)C(F)(F)F)cc(C(=O)O)c1C. The lowest BCUT2D eigenvalue weighted by atomic mass is 10.0. The van der Waals surface area contributed by atoms with Crippen LogP contribution < -0.4 is 4.72 Å². The largest absolute Gasteiger partial charge is 0.516 e. The number of hydrogen-bond donors (Lipinski definition) is 2. The molecule has 1 aromatic rings. The van der Waals surface area contributed by atoms with Gasteiger partial charge in [0.1, 0.15) is 0 Å². The quantitative estimate of drug-likeness (QED) is 0.896. The van der Waals surface area contributed by atoms with Crippen LogP contribution in [0.5, 0.6) is 0 Å². The summed E-state index contributed by atoms with van der Waals surface area (Å²) in [5.41, 5.74) is -5.46. The number of benzene rings is 1. The van der Waals surface area contributed by atoms with Crippen molar-refractivity contribution in [3.63, 3.8) is 0 Å². The Kier molecular flexibility index (Phi) is 3.80. The van der Waals surface area contributed by atoms with Gasteiger partial charge in [0, 0.05) is 5.69 Å². The van der Waals surface area contributed by atoms with Crippen LogP contribution in [0.15, 0.2) is 12.1 Å². The Hall–Kier alpha value is -1.77. The molecule has 0 fully saturated rings. The zero-order chi connectivity index (χ0) is 15.0. The molecular weight excluding hydrogens is 287 g/mol. The second-order valence-electron chi connectivity index (χ2n) is 3.82. The van der Waals surface area contributed by atoms with Gasteiger partial charge in [0.15, 0.2) is 0 Å². The summed E-state index contributed by atoms with van der Waals surface area (Å²) in [6, 6.07) is 1.97. The lowest BCUT2D eigenvalue weighted by Crippen LogP contribution is -2.30. The summed E-state index contributed by atoms with van der Waals surface area (Å²) < 4.78 is 59.7. The Morgan fingerprint density at radius 2 is 1.79 bits per heavy atom. The predicted molar refractivity (Wildman–Crippen MR) is 61.5 cm³/mol. The normalized spacial score (nSPS) is 12.3. The third kappa shape index (κ3) is 3.16. The predicted octanol–water partition coefficient (Wildman–Crippen LogP) is 2.26. The van der Waals surface area contributed by atoms with Crippen LogP contribution in [0.1, 0.15) is 21.5 Å². The third-order valence-electron chi connectivity index (χ3n) is 2.45. The number of hydrogen-bond acceptors (Lipinski definition) is 3. The van der Waals surface area contributed by atoms with Gasteiger partial charge in [0.25, 0.3) is 0 Å². The Balaban J connectivity index is 3.29. The van der Waals surface area contributed by atoms with Crippen LogP contribution >= 0.6 is 0 Å². The van der Waals surface area contributed by atoms with Crippen molar-refractivity contribution in [2.24, 2.45) is 0 Å². The molecule has 0 spiro atoms. The first-order chi connectivity index (χ1) is 8.45. The van der Waals surface area contributed by atoms with Crippen LogP contribution in [-0.2, 0) is 10.0 Å². The van der Waals surface area contributed by atoms with Crippen LogP contribution in [0.2, 0.25) is 0 Å². The fourth-order valence-electron chi connectivity index (χ4n) is 1.35. The first kappa shape index (κ1) is 15.3. The molecular formula is C10H10F3NO4S. The summed E-state index contributed by atoms with van der Waals surface area (Å²) >= 11 is 0. The standard InChI is InChI=1S/C10H10F3NO4S/c1-5-3-7(4-8(6(5)2)9(15)16)14-19(17,18)10(11,12)13/h3-4,14H,1-2H3,(H,15,16). The maximum atomic E-state index is 12.2. The fraction of sp³-hybridized carbons (Fsp3) is 0.300. The number of carboxylic acid groups (broad SMARTS) is 1. The molecule has 106 valence electrons. The zero-order valence-corrected chi connectivity index (χ0v) is 10.7. The smallest absolute Gasteiger partial charge is 0.478 e. The van der Waals surface area contributed by atoms with Crippen molar-refractivity contribution in [1.82, 2.24) is 0 Å². The number of carboxylic acids is 1. The van der Waals surface area contributed by atoms with Crippen molar-refractivity contribution in [3.05, 3.63) is 28.8 Å². The van der Waals surface area contributed by atoms with Crippen molar-refractivity contribution in [3.8, 4) is 0 Å². The van der Waals surface area contributed by atoms with E-state index in [9.17, 15) is 26.4 Å². The molecule has 0 saturated carbocycles. The maximum absolute atomic E-state index is 12.2. The van der Waals surface area contributed by atoms with Crippen molar-refractivity contribution in [2.45, 2.75) is 19.4 Å². The van der Waals surface area contributed by atoms with Gasteiger partial charge in [-0.1, -0.05) is 0 Å². The van der Waals surface area contributed by atoms with E-state index < -0.39 is 27.2 Å². The topological polar surface area (TPSA) is 83.5 Å². The monoisotopic (exact) mass is 297 g/mol. The molecule has 2 N–H and O–H groups in total. The minimum absolute atomic E-state index is 0.264. The first-order valence-corrected chi connectivity index (χ1v) is 6.37. The number of carbonyl (C=O) groups is 1. The molecule has 0 saturated heterocycles. The highest BCUT2D eigenvalue weighted by Crippen LogP contribution is 2.27. The molecule has 0 bridgehead atoms. The minimum atomic E-state index is -5.57. The molecule has 0 atom stereocenters. The molecule has 5 nitrogen and oxygen atoms in total. The fourth-order valence-corrected chi connectivity index (χ4v) is 1.90. The Bertz CT molecular complexity index is 622. The lowest BCUT2D eigenvalue weighted by molar-refractivity contribution is -0.0429. The van der Waals surface area contributed by atoms with Gasteiger partial charge in [-0.15, -0.1) is 0 Å². The van der Waals surface area contributed by atoms with Crippen molar-refractivity contribution >= 4 is 21.7 Å². The molecule has 0 aliphatic carbocycles. The molecule has 1 aromatic carbocycles. The van der Waals surface area contributed by atoms with Crippen LogP contribution in [0.4, 0.5) is 18.9 Å². The van der Waals surface area contributed by atoms with Gasteiger partial charge in [-0.25, -0.2) is 4.79 Å². The molecule has 0 aliphatic heterocycles. The molecule has 0 unspecified atom stereocenters. The van der Waals surface area contributed by atoms with Crippen molar-refractivity contribution in [1.29, 1.82) is 0 Å². The second kappa shape index (κ2) is 4.72. The number of nitrogens with one attached hydrogen (secondary N) is 1. The minimum Gasteiger partial charge on any atom is -0.478 e. The molecule has 19 heavy (non-hydrogen) atoms. The highest BCUT2D eigenvalue weighted by atomic mass is 32.2. The van der Waals surface area contributed by atoms with Crippen LogP contribution in [0.3, 0.4) is 0 Å². The van der Waals surface area contributed by atoms with Crippen molar-refractivity contribution < 1.29 is 31.5 Å². The number of halogens is 3. The molecule has 0 aromatic heterocycles. The summed E-state index contributed by atoms with van der Waals surface area (Å²) in [7, 11) is -5.57. The number of rotatable bonds is 3. The Morgan fingerprint density at radius 3 is 2.21 bits per heavy atom. The van der Waals surface area contributed by atoms with E-state index in [0.717, 1.165) is 12.1 Å². The van der Waals surface area contributed by atoms with E-state index in [1.165, 1.54) is 18.6 Å². The van der Waals surface area contributed by atoms with Gasteiger partial charge in [-0.05, 0) is 37.1 Å². The average Bonchev–Trinajstić information content (AvgIpc) is 2.20. The number of anilines is 1. The van der Waals surface area contributed by atoms with Gasteiger partial charge in [-0.2, -0.15) is 21.6 Å². The molecule has 0 heterocycles. The van der Waals surface area contributed by atoms with E-state index in [0.29, 0.717) is 11.1 Å². The van der Waals surface area contributed by atoms with Gasteiger partial charge in [-0.3, -0.25) is 4.72 Å². The number of alkyl halides is 3. The number of aromatic carboxylic acids is 1. The molecule has 0 amide bonds. The van der Waals surface area contributed by atoms with E-state index in [-0.39, 0.29) is 5.56 Å². The summed E-state index contributed by atoms with van der Waals surface area (Å²) in [6.07, 6.45) is 0.